The zero-order chi connectivity index (χ0) is 24.9. The van der Waals surface area contributed by atoms with Crippen LogP contribution in [-0.2, 0) is 11.3 Å². The van der Waals surface area contributed by atoms with Crippen LogP contribution in [0.4, 0.5) is 17.2 Å². The standard InChI is InChI=1S/C27H25N5O3/c1-5-7-25(33)31(4)20-9-10-23-22(15-20)27(29-17-28-23)30-19-8-11-24(18(3)14-19)35-21-12-13-32(6-2)26(34)16-21/h8-17H,6H2,1-4H3,(H,28,29,30). The smallest absolute Gasteiger partial charge is 0.302 e. The van der Waals surface area contributed by atoms with Gasteiger partial charge in [-0.2, -0.15) is 0 Å². The predicted molar refractivity (Wildman–Crippen MR) is 137 cm³/mol. The van der Waals surface area contributed by atoms with Crippen molar-refractivity contribution in [3.63, 3.8) is 0 Å². The van der Waals surface area contributed by atoms with Gasteiger partial charge in [0.05, 0.1) is 5.52 Å². The summed E-state index contributed by atoms with van der Waals surface area (Å²) in [5.74, 6) is 6.62. The number of rotatable bonds is 6. The maximum absolute atomic E-state index is 12.2. The van der Waals surface area contributed by atoms with Gasteiger partial charge in [-0.25, -0.2) is 9.97 Å². The first-order valence-electron chi connectivity index (χ1n) is 11.1. The molecule has 1 N–H and O–H groups in total. The van der Waals surface area contributed by atoms with Gasteiger partial charge < -0.3 is 19.5 Å². The summed E-state index contributed by atoms with van der Waals surface area (Å²) < 4.78 is 7.54. The Hall–Kier alpha value is -4.64. The number of aromatic nitrogens is 3. The van der Waals surface area contributed by atoms with Crippen molar-refractivity contribution in [2.24, 2.45) is 0 Å². The van der Waals surface area contributed by atoms with Gasteiger partial charge in [0.1, 0.15) is 23.6 Å². The van der Waals surface area contributed by atoms with Crippen LogP contribution in [0.2, 0.25) is 0 Å². The number of carbonyl (C=O) groups is 1. The molecule has 0 bridgehead atoms. The second kappa shape index (κ2) is 10.1. The van der Waals surface area contributed by atoms with Gasteiger partial charge >= 0.3 is 5.91 Å². The van der Waals surface area contributed by atoms with Gasteiger partial charge in [-0.1, -0.05) is 5.92 Å². The Labute approximate surface area is 203 Å². The SMILES string of the molecule is CC#CC(=O)N(C)c1ccc2ncnc(Nc3ccc(Oc4ccn(CC)c(=O)c4)c(C)c3)c2c1. The number of ether oxygens (including phenoxy) is 1. The van der Waals surface area contributed by atoms with Crippen molar-refractivity contribution in [2.45, 2.75) is 27.3 Å². The Morgan fingerprint density at radius 3 is 2.69 bits per heavy atom. The van der Waals surface area contributed by atoms with E-state index in [1.807, 2.05) is 50.2 Å². The Morgan fingerprint density at radius 1 is 1.14 bits per heavy atom. The van der Waals surface area contributed by atoms with E-state index < -0.39 is 0 Å². The lowest BCUT2D eigenvalue weighted by molar-refractivity contribution is -0.113. The van der Waals surface area contributed by atoms with E-state index in [4.69, 9.17) is 4.74 Å². The first-order valence-corrected chi connectivity index (χ1v) is 11.1. The molecule has 0 spiro atoms. The van der Waals surface area contributed by atoms with Gasteiger partial charge in [0.15, 0.2) is 0 Å². The number of nitrogens with zero attached hydrogens (tertiary/aromatic N) is 4. The Kier molecular flexibility index (Phi) is 6.78. The fourth-order valence-corrected chi connectivity index (χ4v) is 3.58. The highest BCUT2D eigenvalue weighted by Gasteiger charge is 2.12. The van der Waals surface area contributed by atoms with E-state index in [0.29, 0.717) is 29.5 Å². The average Bonchev–Trinajstić information content (AvgIpc) is 2.85. The molecule has 4 aromatic rings. The molecule has 0 saturated carbocycles. The van der Waals surface area contributed by atoms with E-state index in [1.54, 1.807) is 30.8 Å². The summed E-state index contributed by atoms with van der Waals surface area (Å²) in [4.78, 5) is 34.5. The van der Waals surface area contributed by atoms with Crippen LogP contribution in [0.15, 0.2) is 65.8 Å². The average molecular weight is 468 g/mol. The molecule has 8 nitrogen and oxygen atoms in total. The number of aryl methyl sites for hydroxylation is 2. The minimum Gasteiger partial charge on any atom is -0.457 e. The van der Waals surface area contributed by atoms with Gasteiger partial charge in [0, 0.05) is 42.6 Å². The fraction of sp³-hybridized carbons (Fsp3) is 0.185. The summed E-state index contributed by atoms with van der Waals surface area (Å²) in [6.07, 6.45) is 3.21. The molecular formula is C27H25N5O3. The van der Waals surface area contributed by atoms with Crippen LogP contribution >= 0.6 is 0 Å². The van der Waals surface area contributed by atoms with Crippen LogP contribution < -0.4 is 20.5 Å². The first kappa shape index (κ1) is 23.5. The normalized spacial score (nSPS) is 10.4. The van der Waals surface area contributed by atoms with Crippen LogP contribution in [0.5, 0.6) is 11.5 Å². The predicted octanol–water partition coefficient (Wildman–Crippen LogP) is 4.64. The van der Waals surface area contributed by atoms with Crippen LogP contribution in [-0.4, -0.2) is 27.5 Å². The minimum atomic E-state index is -0.295. The quantitative estimate of drug-likeness (QED) is 0.416. The van der Waals surface area contributed by atoms with E-state index in [0.717, 1.165) is 22.2 Å². The molecule has 4 rings (SSSR count). The number of nitrogens with one attached hydrogen (secondary N) is 1. The van der Waals surface area contributed by atoms with Crippen molar-refractivity contribution < 1.29 is 9.53 Å². The molecular weight excluding hydrogens is 442 g/mol. The second-order valence-corrected chi connectivity index (χ2v) is 7.86. The summed E-state index contributed by atoms with van der Waals surface area (Å²) in [6, 6.07) is 14.4. The molecule has 176 valence electrons. The highest BCUT2D eigenvalue weighted by atomic mass is 16.5. The summed E-state index contributed by atoms with van der Waals surface area (Å²) >= 11 is 0. The number of anilines is 3. The molecule has 35 heavy (non-hydrogen) atoms. The Balaban J connectivity index is 1.60. The molecule has 2 aromatic carbocycles. The lowest BCUT2D eigenvalue weighted by Gasteiger charge is -2.16. The number of pyridine rings is 1. The van der Waals surface area contributed by atoms with Crippen molar-refractivity contribution >= 4 is 34.0 Å². The first-order chi connectivity index (χ1) is 16.9. The van der Waals surface area contributed by atoms with Gasteiger partial charge in [0.2, 0.25) is 0 Å². The zero-order valence-corrected chi connectivity index (χ0v) is 20.0. The molecule has 8 heteroatoms. The number of amides is 1. The molecule has 0 saturated heterocycles. The molecule has 0 aliphatic carbocycles. The summed E-state index contributed by atoms with van der Waals surface area (Å²) in [5.41, 5.74) is 3.02. The number of hydrogen-bond acceptors (Lipinski definition) is 6. The van der Waals surface area contributed by atoms with Crippen molar-refractivity contribution in [1.82, 2.24) is 14.5 Å². The number of carbonyl (C=O) groups excluding carboxylic acids is 1. The highest BCUT2D eigenvalue weighted by molar-refractivity contribution is 6.06. The summed E-state index contributed by atoms with van der Waals surface area (Å²) in [5, 5.41) is 4.10. The third-order valence-corrected chi connectivity index (χ3v) is 5.52. The Morgan fingerprint density at radius 2 is 1.97 bits per heavy atom. The van der Waals surface area contributed by atoms with E-state index in [9.17, 15) is 9.59 Å². The molecule has 2 heterocycles. The second-order valence-electron chi connectivity index (χ2n) is 7.86. The van der Waals surface area contributed by atoms with Crippen LogP contribution in [0.3, 0.4) is 0 Å². The van der Waals surface area contributed by atoms with Crippen LogP contribution in [0, 0.1) is 18.8 Å². The summed E-state index contributed by atoms with van der Waals surface area (Å²) in [7, 11) is 1.68. The number of hydrogen-bond donors (Lipinski definition) is 1. The largest absolute Gasteiger partial charge is 0.457 e. The van der Waals surface area contributed by atoms with Crippen molar-refractivity contribution in [3.8, 4) is 23.3 Å². The van der Waals surface area contributed by atoms with Gasteiger partial charge in [-0.3, -0.25) is 9.59 Å². The Bertz CT molecular complexity index is 1530. The van der Waals surface area contributed by atoms with E-state index >= 15 is 0 Å². The maximum Gasteiger partial charge on any atom is 0.302 e. The van der Waals surface area contributed by atoms with Crippen molar-refractivity contribution in [1.29, 1.82) is 0 Å². The molecule has 0 atom stereocenters. The lowest BCUT2D eigenvalue weighted by Crippen LogP contribution is -2.24. The molecule has 2 aromatic heterocycles. The zero-order valence-electron chi connectivity index (χ0n) is 20.0. The van der Waals surface area contributed by atoms with Gasteiger partial charge in [0.25, 0.3) is 5.56 Å². The van der Waals surface area contributed by atoms with E-state index in [2.05, 4.69) is 27.1 Å². The maximum atomic E-state index is 12.2. The van der Waals surface area contributed by atoms with Crippen LogP contribution in [0.1, 0.15) is 19.4 Å². The third kappa shape index (κ3) is 5.14. The topological polar surface area (TPSA) is 89.3 Å². The molecule has 0 aliphatic heterocycles. The molecule has 0 fully saturated rings. The van der Waals surface area contributed by atoms with Crippen molar-refractivity contribution in [2.75, 3.05) is 17.3 Å². The number of fused-ring (bicyclic) bond motifs is 1. The third-order valence-electron chi connectivity index (χ3n) is 5.52. The molecule has 0 aliphatic rings. The number of benzene rings is 2. The van der Waals surface area contributed by atoms with Gasteiger partial charge in [-0.05, 0) is 74.7 Å². The van der Waals surface area contributed by atoms with Crippen LogP contribution in [0.25, 0.3) is 10.9 Å². The summed E-state index contributed by atoms with van der Waals surface area (Å²) in [6.45, 7) is 6.08. The van der Waals surface area contributed by atoms with E-state index in [-0.39, 0.29) is 11.5 Å². The highest BCUT2D eigenvalue weighted by Crippen LogP contribution is 2.30. The van der Waals surface area contributed by atoms with E-state index in [1.165, 1.54) is 17.3 Å². The fourth-order valence-electron chi connectivity index (χ4n) is 3.58. The molecule has 0 radical (unpaired) electrons. The van der Waals surface area contributed by atoms with Gasteiger partial charge in [-0.15, -0.1) is 0 Å². The van der Waals surface area contributed by atoms with Crippen molar-refractivity contribution in [3.05, 3.63) is 77.0 Å². The minimum absolute atomic E-state index is 0.106. The monoisotopic (exact) mass is 467 g/mol. The lowest BCUT2D eigenvalue weighted by atomic mass is 10.1. The molecule has 0 unspecified atom stereocenters. The molecule has 1 amide bonds.